The number of hydrogen-bond acceptors (Lipinski definition) is 3. The molecule has 0 amide bonds. The van der Waals surface area contributed by atoms with E-state index >= 15 is 0 Å². The molecule has 0 spiro atoms. The summed E-state index contributed by atoms with van der Waals surface area (Å²) in [5, 5.41) is 10.1. The van der Waals surface area contributed by atoms with Crippen LogP contribution in [-0.4, -0.2) is 42.9 Å². The summed E-state index contributed by atoms with van der Waals surface area (Å²) in [6.45, 7) is 6.88. The third-order valence-electron chi connectivity index (χ3n) is 3.19. The first-order chi connectivity index (χ1) is 8.65. The highest BCUT2D eigenvalue weighted by molar-refractivity contribution is 5.17. The Morgan fingerprint density at radius 3 is 2.39 bits per heavy atom. The second-order valence-electron chi connectivity index (χ2n) is 4.84. The van der Waals surface area contributed by atoms with Gasteiger partial charge in [-0.15, -0.1) is 0 Å². The zero-order valence-electron chi connectivity index (χ0n) is 11.7. The molecular formula is C15H25NO2. The van der Waals surface area contributed by atoms with Crippen molar-refractivity contribution in [1.82, 2.24) is 4.90 Å². The Kier molecular flexibility index (Phi) is 6.94. The summed E-state index contributed by atoms with van der Waals surface area (Å²) in [5.74, 6) is 0. The van der Waals surface area contributed by atoms with Gasteiger partial charge < -0.3 is 9.84 Å². The van der Waals surface area contributed by atoms with Crippen molar-refractivity contribution < 1.29 is 9.84 Å². The van der Waals surface area contributed by atoms with Gasteiger partial charge in [-0.1, -0.05) is 30.3 Å². The standard InChI is InChI=1S/C15H25NO2/c1-13(2)16(11-12-18-3)10-9-15(17)14-7-5-4-6-8-14/h4-8,13,15,17H,9-12H2,1-3H3. The zero-order chi connectivity index (χ0) is 13.4. The van der Waals surface area contributed by atoms with Crippen molar-refractivity contribution in [3.8, 4) is 0 Å². The van der Waals surface area contributed by atoms with Gasteiger partial charge in [-0.25, -0.2) is 0 Å². The van der Waals surface area contributed by atoms with Crippen molar-refractivity contribution in [1.29, 1.82) is 0 Å². The van der Waals surface area contributed by atoms with Crippen LogP contribution >= 0.6 is 0 Å². The van der Waals surface area contributed by atoms with Crippen LogP contribution in [0.3, 0.4) is 0 Å². The van der Waals surface area contributed by atoms with E-state index in [4.69, 9.17) is 4.74 Å². The minimum atomic E-state index is -0.380. The number of hydrogen-bond donors (Lipinski definition) is 1. The molecule has 0 bridgehead atoms. The molecule has 102 valence electrons. The first-order valence-electron chi connectivity index (χ1n) is 6.61. The monoisotopic (exact) mass is 251 g/mol. The van der Waals surface area contributed by atoms with Crippen molar-refractivity contribution in [2.75, 3.05) is 26.8 Å². The maximum Gasteiger partial charge on any atom is 0.0802 e. The first-order valence-corrected chi connectivity index (χ1v) is 6.61. The Balaban J connectivity index is 2.42. The minimum Gasteiger partial charge on any atom is -0.388 e. The van der Waals surface area contributed by atoms with Gasteiger partial charge in [0.2, 0.25) is 0 Å². The molecule has 1 N–H and O–H groups in total. The normalized spacial score (nSPS) is 13.2. The largest absolute Gasteiger partial charge is 0.388 e. The molecule has 0 heterocycles. The lowest BCUT2D eigenvalue weighted by Gasteiger charge is -2.27. The molecule has 0 saturated carbocycles. The van der Waals surface area contributed by atoms with E-state index < -0.39 is 0 Å². The fourth-order valence-corrected chi connectivity index (χ4v) is 1.97. The van der Waals surface area contributed by atoms with E-state index in [1.165, 1.54) is 0 Å². The van der Waals surface area contributed by atoms with Gasteiger partial charge >= 0.3 is 0 Å². The van der Waals surface area contributed by atoms with E-state index in [2.05, 4.69) is 18.7 Å². The van der Waals surface area contributed by atoms with E-state index in [1.54, 1.807) is 7.11 Å². The summed E-state index contributed by atoms with van der Waals surface area (Å²) in [6.07, 6.45) is 0.376. The summed E-state index contributed by atoms with van der Waals surface area (Å²) in [4.78, 5) is 2.33. The lowest BCUT2D eigenvalue weighted by atomic mass is 10.1. The Labute approximate surface area is 110 Å². The second-order valence-corrected chi connectivity index (χ2v) is 4.84. The van der Waals surface area contributed by atoms with Gasteiger partial charge in [0.25, 0.3) is 0 Å². The summed E-state index contributed by atoms with van der Waals surface area (Å²) >= 11 is 0. The van der Waals surface area contributed by atoms with E-state index in [0.717, 1.165) is 31.7 Å². The van der Waals surface area contributed by atoms with E-state index in [-0.39, 0.29) is 6.10 Å². The van der Waals surface area contributed by atoms with Gasteiger partial charge in [0.05, 0.1) is 12.7 Å². The average molecular weight is 251 g/mol. The first kappa shape index (κ1) is 15.2. The molecule has 0 fully saturated rings. The van der Waals surface area contributed by atoms with Crippen LogP contribution < -0.4 is 0 Å². The molecule has 1 aromatic carbocycles. The molecule has 0 aliphatic rings. The Bertz CT molecular complexity index is 314. The van der Waals surface area contributed by atoms with Gasteiger partial charge in [0, 0.05) is 26.2 Å². The third-order valence-corrected chi connectivity index (χ3v) is 3.19. The lowest BCUT2D eigenvalue weighted by molar-refractivity contribution is 0.102. The van der Waals surface area contributed by atoms with Crippen molar-refractivity contribution >= 4 is 0 Å². The van der Waals surface area contributed by atoms with E-state index in [0.29, 0.717) is 6.04 Å². The molecule has 0 aromatic heterocycles. The Morgan fingerprint density at radius 1 is 1.17 bits per heavy atom. The molecule has 0 saturated heterocycles. The quantitative estimate of drug-likeness (QED) is 0.770. The molecule has 0 radical (unpaired) electrons. The molecule has 1 rings (SSSR count). The predicted molar refractivity (Wildman–Crippen MR) is 74.6 cm³/mol. The number of aliphatic hydroxyl groups excluding tert-OH is 1. The number of benzene rings is 1. The number of nitrogens with zero attached hydrogens (tertiary/aromatic N) is 1. The van der Waals surface area contributed by atoms with Gasteiger partial charge in [0.1, 0.15) is 0 Å². The maximum absolute atomic E-state index is 10.1. The molecular weight excluding hydrogens is 226 g/mol. The Hall–Kier alpha value is -0.900. The van der Waals surface area contributed by atoms with Crippen molar-refractivity contribution in [3.63, 3.8) is 0 Å². The zero-order valence-corrected chi connectivity index (χ0v) is 11.7. The van der Waals surface area contributed by atoms with Crippen LogP contribution in [0, 0.1) is 0 Å². The molecule has 0 aliphatic carbocycles. The molecule has 0 aliphatic heterocycles. The lowest BCUT2D eigenvalue weighted by Crippen LogP contribution is -2.35. The van der Waals surface area contributed by atoms with Crippen molar-refractivity contribution in [2.45, 2.75) is 32.4 Å². The fourth-order valence-electron chi connectivity index (χ4n) is 1.97. The average Bonchev–Trinajstić information content (AvgIpc) is 2.39. The van der Waals surface area contributed by atoms with Gasteiger partial charge in [-0.2, -0.15) is 0 Å². The van der Waals surface area contributed by atoms with Gasteiger partial charge in [0.15, 0.2) is 0 Å². The summed E-state index contributed by atoms with van der Waals surface area (Å²) in [5.41, 5.74) is 0.993. The molecule has 1 atom stereocenters. The van der Waals surface area contributed by atoms with Crippen LogP contribution in [0.25, 0.3) is 0 Å². The maximum atomic E-state index is 10.1. The van der Waals surface area contributed by atoms with Crippen LogP contribution in [0.2, 0.25) is 0 Å². The van der Waals surface area contributed by atoms with Gasteiger partial charge in [-0.05, 0) is 25.8 Å². The highest BCUT2D eigenvalue weighted by atomic mass is 16.5. The van der Waals surface area contributed by atoms with Crippen LogP contribution in [0.1, 0.15) is 31.9 Å². The third kappa shape index (κ3) is 5.17. The summed E-state index contributed by atoms with van der Waals surface area (Å²) < 4.78 is 5.11. The predicted octanol–water partition coefficient (Wildman–Crippen LogP) is 2.47. The van der Waals surface area contributed by atoms with Gasteiger partial charge in [-0.3, -0.25) is 4.90 Å². The number of methoxy groups -OCH3 is 1. The highest BCUT2D eigenvalue weighted by Crippen LogP contribution is 2.16. The minimum absolute atomic E-state index is 0.380. The fraction of sp³-hybridized carbons (Fsp3) is 0.600. The smallest absolute Gasteiger partial charge is 0.0802 e. The van der Waals surface area contributed by atoms with Crippen molar-refractivity contribution in [3.05, 3.63) is 35.9 Å². The molecule has 1 aromatic rings. The van der Waals surface area contributed by atoms with Crippen LogP contribution in [0.15, 0.2) is 30.3 Å². The second kappa shape index (κ2) is 8.25. The highest BCUT2D eigenvalue weighted by Gasteiger charge is 2.12. The number of rotatable bonds is 8. The number of ether oxygens (including phenoxy) is 1. The van der Waals surface area contributed by atoms with Crippen molar-refractivity contribution in [2.24, 2.45) is 0 Å². The molecule has 18 heavy (non-hydrogen) atoms. The summed E-state index contributed by atoms with van der Waals surface area (Å²) in [6, 6.07) is 10.3. The van der Waals surface area contributed by atoms with Crippen LogP contribution in [0.4, 0.5) is 0 Å². The molecule has 1 unspecified atom stereocenters. The topological polar surface area (TPSA) is 32.7 Å². The number of aliphatic hydroxyl groups is 1. The van der Waals surface area contributed by atoms with Crippen LogP contribution in [0.5, 0.6) is 0 Å². The van der Waals surface area contributed by atoms with E-state index in [1.807, 2.05) is 30.3 Å². The summed E-state index contributed by atoms with van der Waals surface area (Å²) in [7, 11) is 1.72. The van der Waals surface area contributed by atoms with E-state index in [9.17, 15) is 5.11 Å². The molecule has 3 nitrogen and oxygen atoms in total. The Morgan fingerprint density at radius 2 is 1.83 bits per heavy atom. The van der Waals surface area contributed by atoms with Crippen LogP contribution in [-0.2, 0) is 4.74 Å². The molecule has 3 heteroatoms. The SMILES string of the molecule is COCCN(CCC(O)c1ccccc1)C(C)C.